The van der Waals surface area contributed by atoms with Crippen LogP contribution in [-0.2, 0) is 14.2 Å². The molecule has 188 valence electrons. The second-order valence-electron chi connectivity index (χ2n) is 10.1. The molecule has 34 heavy (non-hydrogen) atoms. The number of hydrogen-bond donors (Lipinski definition) is 1. The van der Waals surface area contributed by atoms with E-state index in [-0.39, 0.29) is 42.7 Å². The van der Waals surface area contributed by atoms with Crippen molar-refractivity contribution in [2.24, 2.45) is 11.8 Å². The average Bonchev–Trinajstić information content (AvgIpc) is 3.08. The zero-order valence-electron chi connectivity index (χ0n) is 21.5. The SMILES string of the molecule is CCC(O)COc1cc(C)c2c(c1)/C=C/C[C@@H]1OC(C)(C)OC1C(C)/C=C\[C@@H](C)[C@H](C)OC2=O. The van der Waals surface area contributed by atoms with Crippen molar-refractivity contribution in [1.29, 1.82) is 0 Å². The van der Waals surface area contributed by atoms with Crippen LogP contribution in [0.15, 0.2) is 30.4 Å². The Morgan fingerprint density at radius 1 is 1.15 bits per heavy atom. The predicted molar refractivity (Wildman–Crippen MR) is 133 cm³/mol. The van der Waals surface area contributed by atoms with Crippen molar-refractivity contribution in [3.8, 4) is 5.75 Å². The molecule has 6 nitrogen and oxygen atoms in total. The van der Waals surface area contributed by atoms with Crippen LogP contribution in [0.1, 0.15) is 75.9 Å². The Morgan fingerprint density at radius 2 is 1.85 bits per heavy atom. The molecule has 1 saturated heterocycles. The second kappa shape index (κ2) is 11.1. The van der Waals surface area contributed by atoms with Crippen LogP contribution in [0.5, 0.6) is 5.75 Å². The summed E-state index contributed by atoms with van der Waals surface area (Å²) in [4.78, 5) is 13.2. The maximum atomic E-state index is 13.2. The van der Waals surface area contributed by atoms with Gasteiger partial charge in [-0.2, -0.15) is 0 Å². The van der Waals surface area contributed by atoms with Gasteiger partial charge in [-0.3, -0.25) is 0 Å². The topological polar surface area (TPSA) is 74.2 Å². The molecule has 1 N–H and O–H groups in total. The molecule has 2 aliphatic rings. The predicted octanol–water partition coefficient (Wildman–Crippen LogP) is 5.46. The van der Waals surface area contributed by atoms with Crippen LogP contribution in [0.4, 0.5) is 0 Å². The summed E-state index contributed by atoms with van der Waals surface area (Å²) >= 11 is 0. The van der Waals surface area contributed by atoms with Gasteiger partial charge in [-0.1, -0.05) is 45.1 Å². The van der Waals surface area contributed by atoms with Gasteiger partial charge in [0.05, 0.1) is 23.9 Å². The molecule has 0 amide bonds. The van der Waals surface area contributed by atoms with Gasteiger partial charge in [0.2, 0.25) is 0 Å². The number of ether oxygens (including phenoxy) is 4. The highest BCUT2D eigenvalue weighted by molar-refractivity contribution is 5.95. The van der Waals surface area contributed by atoms with Gasteiger partial charge in [-0.25, -0.2) is 4.79 Å². The van der Waals surface area contributed by atoms with Crippen molar-refractivity contribution >= 4 is 12.0 Å². The van der Waals surface area contributed by atoms with Crippen LogP contribution < -0.4 is 4.74 Å². The van der Waals surface area contributed by atoms with E-state index in [4.69, 9.17) is 18.9 Å². The first-order valence-corrected chi connectivity index (χ1v) is 12.4. The van der Waals surface area contributed by atoms with E-state index in [1.807, 2.05) is 65.8 Å². The maximum Gasteiger partial charge on any atom is 0.339 e. The van der Waals surface area contributed by atoms with Crippen molar-refractivity contribution in [2.45, 2.75) is 91.5 Å². The lowest BCUT2D eigenvalue weighted by atomic mass is 9.94. The Hall–Kier alpha value is -2.15. The van der Waals surface area contributed by atoms with Gasteiger partial charge >= 0.3 is 5.97 Å². The Morgan fingerprint density at radius 3 is 2.56 bits per heavy atom. The number of rotatable bonds is 4. The first-order valence-electron chi connectivity index (χ1n) is 12.4. The summed E-state index contributed by atoms with van der Waals surface area (Å²) < 4.78 is 24.1. The first-order chi connectivity index (χ1) is 16.0. The summed E-state index contributed by atoms with van der Waals surface area (Å²) in [6.45, 7) is 14.0. The Kier molecular flexibility index (Phi) is 8.61. The van der Waals surface area contributed by atoms with Gasteiger partial charge in [0.25, 0.3) is 0 Å². The Bertz CT molecular complexity index is 918. The molecule has 0 aliphatic carbocycles. The van der Waals surface area contributed by atoms with Gasteiger partial charge in [-0.15, -0.1) is 0 Å². The van der Waals surface area contributed by atoms with Crippen molar-refractivity contribution in [3.05, 3.63) is 47.1 Å². The number of aryl methyl sites for hydroxylation is 1. The minimum absolute atomic E-state index is 0.0422. The van der Waals surface area contributed by atoms with Crippen molar-refractivity contribution in [3.63, 3.8) is 0 Å². The van der Waals surface area contributed by atoms with Gasteiger partial charge in [0.1, 0.15) is 18.5 Å². The van der Waals surface area contributed by atoms with Gasteiger partial charge in [0.15, 0.2) is 5.79 Å². The summed E-state index contributed by atoms with van der Waals surface area (Å²) in [5, 5.41) is 9.89. The van der Waals surface area contributed by atoms with E-state index in [2.05, 4.69) is 19.1 Å². The summed E-state index contributed by atoms with van der Waals surface area (Å²) in [5.74, 6) is -0.199. The molecular formula is C28H40O6. The lowest BCUT2D eigenvalue weighted by Gasteiger charge is -2.23. The van der Waals surface area contributed by atoms with Gasteiger partial charge < -0.3 is 24.1 Å². The minimum Gasteiger partial charge on any atom is -0.491 e. The monoisotopic (exact) mass is 472 g/mol. The highest BCUT2D eigenvalue weighted by Gasteiger charge is 2.42. The number of hydrogen-bond acceptors (Lipinski definition) is 6. The van der Waals surface area contributed by atoms with Crippen LogP contribution in [0.25, 0.3) is 6.08 Å². The first kappa shape index (κ1) is 26.5. The van der Waals surface area contributed by atoms with Gasteiger partial charge in [-0.05, 0) is 63.8 Å². The van der Waals surface area contributed by atoms with E-state index in [1.165, 1.54) is 0 Å². The van der Waals surface area contributed by atoms with Crippen LogP contribution in [0.2, 0.25) is 0 Å². The van der Waals surface area contributed by atoms with E-state index in [1.54, 1.807) is 0 Å². The molecule has 6 heteroatoms. The normalized spacial score (nSPS) is 32.0. The molecule has 0 bridgehead atoms. The lowest BCUT2D eigenvalue weighted by molar-refractivity contribution is -0.148. The minimum atomic E-state index is -0.646. The number of cyclic esters (lactones) is 1. The van der Waals surface area contributed by atoms with Crippen LogP contribution in [0.3, 0.4) is 0 Å². The highest BCUT2D eigenvalue weighted by Crippen LogP contribution is 2.35. The Labute approximate surface area is 203 Å². The summed E-state index contributed by atoms with van der Waals surface area (Å²) in [5.41, 5.74) is 2.01. The third-order valence-corrected chi connectivity index (χ3v) is 6.61. The van der Waals surface area contributed by atoms with Crippen molar-refractivity contribution in [2.75, 3.05) is 6.61 Å². The standard InChI is InChI=1S/C28H40O6/c1-8-22(29)16-31-23-14-19(4)25-21(15-23)10-9-11-24-26(34-28(6,7)33-24)18(3)13-12-17(2)20(5)32-27(25)30/h9-10,12-15,17-18,20,22,24,26,29H,8,11,16H2,1-7H3/b10-9+,13-12-/t17-,18?,20+,22?,24+,26?/m1/s1. The summed E-state index contributed by atoms with van der Waals surface area (Å²) in [6.07, 6.45) is 8.44. The molecule has 1 aromatic rings. The maximum absolute atomic E-state index is 13.2. The van der Waals surface area contributed by atoms with Crippen LogP contribution >= 0.6 is 0 Å². The zero-order valence-corrected chi connectivity index (χ0v) is 21.5. The molecule has 3 unspecified atom stereocenters. The lowest BCUT2D eigenvalue weighted by Crippen LogP contribution is -2.29. The molecule has 2 heterocycles. The van der Waals surface area contributed by atoms with E-state index >= 15 is 0 Å². The van der Waals surface area contributed by atoms with E-state index in [0.29, 0.717) is 24.2 Å². The zero-order chi connectivity index (χ0) is 25.0. The molecule has 6 atom stereocenters. The fourth-order valence-corrected chi connectivity index (χ4v) is 4.36. The number of fused-ring (bicyclic) bond motifs is 2. The van der Waals surface area contributed by atoms with E-state index < -0.39 is 11.9 Å². The molecule has 0 spiro atoms. The molecule has 0 saturated carbocycles. The Balaban J connectivity index is 1.99. The number of aliphatic hydroxyl groups is 1. The summed E-state index contributed by atoms with van der Waals surface area (Å²) in [7, 11) is 0. The van der Waals surface area contributed by atoms with Gasteiger partial charge in [0, 0.05) is 11.8 Å². The molecule has 0 aromatic heterocycles. The third-order valence-electron chi connectivity index (χ3n) is 6.61. The number of carbonyl (C=O) groups excluding carboxylic acids is 1. The third kappa shape index (κ3) is 6.49. The molecule has 0 radical (unpaired) electrons. The molecule has 1 aromatic carbocycles. The van der Waals surface area contributed by atoms with Crippen molar-refractivity contribution in [1.82, 2.24) is 0 Å². The van der Waals surface area contributed by atoms with E-state index in [0.717, 1.165) is 11.1 Å². The largest absolute Gasteiger partial charge is 0.491 e. The van der Waals surface area contributed by atoms with Crippen LogP contribution in [0, 0.1) is 18.8 Å². The number of aliphatic hydroxyl groups excluding tert-OH is 1. The number of carbonyl (C=O) groups is 1. The average molecular weight is 473 g/mol. The molecule has 3 rings (SSSR count). The highest BCUT2D eigenvalue weighted by atomic mass is 16.8. The fourth-order valence-electron chi connectivity index (χ4n) is 4.36. The number of esters is 1. The molecular weight excluding hydrogens is 432 g/mol. The molecule has 1 fully saturated rings. The quantitative estimate of drug-likeness (QED) is 0.464. The fraction of sp³-hybridized carbons (Fsp3) is 0.607. The molecule has 2 aliphatic heterocycles. The smallest absolute Gasteiger partial charge is 0.339 e. The second-order valence-corrected chi connectivity index (χ2v) is 10.1. The van der Waals surface area contributed by atoms with E-state index in [9.17, 15) is 9.90 Å². The van der Waals surface area contributed by atoms with Crippen LogP contribution in [-0.4, -0.2) is 47.9 Å². The van der Waals surface area contributed by atoms with Crippen molar-refractivity contribution < 1.29 is 28.8 Å². The summed E-state index contributed by atoms with van der Waals surface area (Å²) in [6, 6.07) is 3.65. The number of benzene rings is 1.